The lowest BCUT2D eigenvalue weighted by molar-refractivity contribution is -0.136. The molecule has 108 valence electrons. The van der Waals surface area contributed by atoms with Crippen LogP contribution in [-0.2, 0) is 16.0 Å². The van der Waals surface area contributed by atoms with Gasteiger partial charge in [-0.1, -0.05) is 12.1 Å². The summed E-state index contributed by atoms with van der Waals surface area (Å²) in [5.74, 6) is -0.834. The van der Waals surface area contributed by atoms with Crippen molar-refractivity contribution in [2.75, 3.05) is 18.5 Å². The van der Waals surface area contributed by atoms with Crippen LogP contribution in [0, 0.1) is 0 Å². The topological polar surface area (TPSA) is 70.6 Å². The fraction of sp³-hybridized carbons (Fsp3) is 0.429. The van der Waals surface area contributed by atoms with Gasteiger partial charge in [-0.2, -0.15) is 0 Å². The molecule has 1 fully saturated rings. The Bertz CT molecular complexity index is 470. The Labute approximate surface area is 123 Å². The van der Waals surface area contributed by atoms with E-state index in [1.165, 1.54) is 0 Å². The quantitative estimate of drug-likeness (QED) is 0.719. The van der Waals surface area contributed by atoms with Gasteiger partial charge in [0.25, 0.3) is 0 Å². The van der Waals surface area contributed by atoms with Crippen LogP contribution in [-0.4, -0.2) is 35.4 Å². The molecule has 1 aliphatic heterocycles. The Kier molecular flexibility index (Phi) is 5.31. The maximum atomic E-state index is 10.6. The number of hydrogen-bond acceptors (Lipinski definition) is 3. The van der Waals surface area contributed by atoms with Gasteiger partial charge in [-0.05, 0) is 42.8 Å². The smallest absolute Gasteiger partial charge is 0.307 e. The molecular formula is C14H18N2O3S. The molecule has 0 amide bonds. The highest BCUT2D eigenvalue weighted by Gasteiger charge is 2.15. The van der Waals surface area contributed by atoms with Crippen LogP contribution in [0.4, 0.5) is 5.69 Å². The third-order valence-electron chi connectivity index (χ3n) is 3.08. The van der Waals surface area contributed by atoms with Crippen molar-refractivity contribution in [3.63, 3.8) is 0 Å². The Balaban J connectivity index is 1.76. The molecule has 5 nitrogen and oxygen atoms in total. The van der Waals surface area contributed by atoms with Crippen LogP contribution in [0.2, 0.25) is 0 Å². The maximum absolute atomic E-state index is 10.6. The van der Waals surface area contributed by atoms with E-state index in [1.807, 2.05) is 12.1 Å². The van der Waals surface area contributed by atoms with Crippen LogP contribution >= 0.6 is 12.2 Å². The second-order valence-electron chi connectivity index (χ2n) is 4.74. The van der Waals surface area contributed by atoms with Gasteiger partial charge < -0.3 is 20.5 Å². The Morgan fingerprint density at radius 2 is 2.15 bits per heavy atom. The zero-order valence-corrected chi connectivity index (χ0v) is 11.9. The number of carbonyl (C=O) groups is 1. The lowest BCUT2D eigenvalue weighted by atomic mass is 10.1. The average molecular weight is 294 g/mol. The third kappa shape index (κ3) is 4.79. The number of anilines is 1. The molecule has 0 saturated carbocycles. The van der Waals surface area contributed by atoms with E-state index in [1.54, 1.807) is 12.1 Å². The first-order valence-corrected chi connectivity index (χ1v) is 7.01. The molecule has 2 rings (SSSR count). The van der Waals surface area contributed by atoms with Crippen molar-refractivity contribution in [3.05, 3.63) is 29.8 Å². The molecule has 0 unspecified atom stereocenters. The van der Waals surface area contributed by atoms with Crippen molar-refractivity contribution in [3.8, 4) is 0 Å². The summed E-state index contributed by atoms with van der Waals surface area (Å²) >= 11 is 5.20. The van der Waals surface area contributed by atoms with Crippen molar-refractivity contribution >= 4 is 29.0 Å². The molecule has 1 atom stereocenters. The number of aliphatic carboxylic acids is 1. The second kappa shape index (κ2) is 7.21. The number of rotatable bonds is 5. The van der Waals surface area contributed by atoms with Crippen LogP contribution in [0.3, 0.4) is 0 Å². The fourth-order valence-electron chi connectivity index (χ4n) is 2.07. The van der Waals surface area contributed by atoms with Gasteiger partial charge in [0.2, 0.25) is 0 Å². The van der Waals surface area contributed by atoms with E-state index in [9.17, 15) is 4.79 Å². The SMILES string of the molecule is O=C(O)Cc1ccc(NC(=S)NC[C@@H]2CCCO2)cc1. The Hall–Kier alpha value is -1.66. The zero-order chi connectivity index (χ0) is 14.4. The Morgan fingerprint density at radius 1 is 1.40 bits per heavy atom. The summed E-state index contributed by atoms with van der Waals surface area (Å²) in [7, 11) is 0. The van der Waals surface area contributed by atoms with E-state index in [0.717, 1.165) is 30.7 Å². The summed E-state index contributed by atoms with van der Waals surface area (Å²) in [6.07, 6.45) is 2.45. The molecule has 1 aliphatic rings. The summed E-state index contributed by atoms with van der Waals surface area (Å²) in [5.41, 5.74) is 1.60. The van der Waals surface area contributed by atoms with Gasteiger partial charge in [0, 0.05) is 18.8 Å². The summed E-state index contributed by atoms with van der Waals surface area (Å²) in [5, 5.41) is 15.4. The third-order valence-corrected chi connectivity index (χ3v) is 3.33. The highest BCUT2D eigenvalue weighted by molar-refractivity contribution is 7.80. The maximum Gasteiger partial charge on any atom is 0.307 e. The van der Waals surface area contributed by atoms with Gasteiger partial charge in [-0.3, -0.25) is 4.79 Å². The predicted octanol–water partition coefficient (Wildman–Crippen LogP) is 1.78. The van der Waals surface area contributed by atoms with E-state index in [0.29, 0.717) is 11.7 Å². The number of thiocarbonyl (C=S) groups is 1. The molecule has 0 bridgehead atoms. The van der Waals surface area contributed by atoms with Crippen molar-refractivity contribution in [1.29, 1.82) is 0 Å². The van der Waals surface area contributed by atoms with Crippen molar-refractivity contribution < 1.29 is 14.6 Å². The monoisotopic (exact) mass is 294 g/mol. The predicted molar refractivity (Wildman–Crippen MR) is 81.0 cm³/mol. The molecule has 0 aromatic heterocycles. The van der Waals surface area contributed by atoms with Crippen LogP contribution in [0.15, 0.2) is 24.3 Å². The summed E-state index contributed by atoms with van der Waals surface area (Å²) in [4.78, 5) is 10.6. The standard InChI is InChI=1S/C14H18N2O3S/c17-13(18)8-10-3-5-11(6-4-10)16-14(20)15-9-12-2-1-7-19-12/h3-6,12H,1-2,7-9H2,(H,17,18)(H2,15,16,20)/t12-/m0/s1. The molecule has 1 aromatic rings. The molecule has 1 saturated heterocycles. The number of ether oxygens (including phenoxy) is 1. The van der Waals surface area contributed by atoms with Gasteiger partial charge in [-0.15, -0.1) is 0 Å². The average Bonchev–Trinajstić information content (AvgIpc) is 2.91. The van der Waals surface area contributed by atoms with E-state index in [-0.39, 0.29) is 12.5 Å². The molecular weight excluding hydrogens is 276 g/mol. The summed E-state index contributed by atoms with van der Waals surface area (Å²) in [6, 6.07) is 7.19. The Morgan fingerprint density at radius 3 is 2.75 bits per heavy atom. The first kappa shape index (κ1) is 14.7. The minimum Gasteiger partial charge on any atom is -0.481 e. The molecule has 0 radical (unpaired) electrons. The van der Waals surface area contributed by atoms with Crippen LogP contribution < -0.4 is 10.6 Å². The molecule has 3 N–H and O–H groups in total. The summed E-state index contributed by atoms with van der Waals surface area (Å²) < 4.78 is 5.50. The van der Waals surface area contributed by atoms with E-state index < -0.39 is 5.97 Å². The van der Waals surface area contributed by atoms with Crippen LogP contribution in [0.1, 0.15) is 18.4 Å². The lowest BCUT2D eigenvalue weighted by Gasteiger charge is -2.14. The molecule has 1 heterocycles. The normalized spacial score (nSPS) is 17.7. The lowest BCUT2D eigenvalue weighted by Crippen LogP contribution is -2.34. The molecule has 6 heteroatoms. The van der Waals surface area contributed by atoms with Gasteiger partial charge in [0.1, 0.15) is 0 Å². The number of benzene rings is 1. The van der Waals surface area contributed by atoms with Gasteiger partial charge in [0.15, 0.2) is 5.11 Å². The first-order chi connectivity index (χ1) is 9.63. The first-order valence-electron chi connectivity index (χ1n) is 6.60. The zero-order valence-electron chi connectivity index (χ0n) is 11.1. The van der Waals surface area contributed by atoms with Crippen LogP contribution in [0.5, 0.6) is 0 Å². The number of hydrogen-bond donors (Lipinski definition) is 3. The summed E-state index contributed by atoms with van der Waals surface area (Å²) in [6.45, 7) is 1.54. The highest BCUT2D eigenvalue weighted by Crippen LogP contribution is 2.12. The number of carboxylic acid groups (broad SMARTS) is 1. The molecule has 1 aromatic carbocycles. The van der Waals surface area contributed by atoms with Gasteiger partial charge in [0.05, 0.1) is 12.5 Å². The van der Waals surface area contributed by atoms with E-state index in [4.69, 9.17) is 22.1 Å². The number of nitrogens with one attached hydrogen (secondary N) is 2. The minimum absolute atomic E-state index is 0.0298. The van der Waals surface area contributed by atoms with Crippen LogP contribution in [0.25, 0.3) is 0 Å². The van der Waals surface area contributed by atoms with E-state index >= 15 is 0 Å². The van der Waals surface area contributed by atoms with Crippen molar-refractivity contribution in [1.82, 2.24) is 5.32 Å². The molecule has 0 aliphatic carbocycles. The van der Waals surface area contributed by atoms with Crippen molar-refractivity contribution in [2.45, 2.75) is 25.4 Å². The van der Waals surface area contributed by atoms with E-state index in [2.05, 4.69) is 10.6 Å². The minimum atomic E-state index is -0.834. The van der Waals surface area contributed by atoms with Gasteiger partial charge >= 0.3 is 5.97 Å². The molecule has 20 heavy (non-hydrogen) atoms. The highest BCUT2D eigenvalue weighted by atomic mass is 32.1. The number of carboxylic acids is 1. The second-order valence-corrected chi connectivity index (χ2v) is 5.15. The largest absolute Gasteiger partial charge is 0.481 e. The van der Waals surface area contributed by atoms with Gasteiger partial charge in [-0.25, -0.2) is 0 Å². The van der Waals surface area contributed by atoms with Crippen molar-refractivity contribution in [2.24, 2.45) is 0 Å². The molecule has 0 spiro atoms. The fourth-order valence-corrected chi connectivity index (χ4v) is 2.27.